The van der Waals surface area contributed by atoms with E-state index in [1.54, 1.807) is 0 Å². The van der Waals surface area contributed by atoms with Gasteiger partial charge in [0.2, 0.25) is 0 Å². The maximum atomic E-state index is 11.0. The van der Waals surface area contributed by atoms with E-state index in [0.717, 1.165) is 0 Å². The van der Waals surface area contributed by atoms with Crippen LogP contribution >= 0.6 is 11.8 Å². The Morgan fingerprint density at radius 2 is 1.62 bits per heavy atom. The average Bonchev–Trinajstić information content (AvgIpc) is 2.79. The fourth-order valence-corrected chi connectivity index (χ4v) is 10.0. The normalized spacial score (nSPS) is 26.4. The second kappa shape index (κ2) is 10.4. The molecule has 32 heavy (non-hydrogen) atoms. The van der Waals surface area contributed by atoms with E-state index in [4.69, 9.17) is 14.7 Å². The molecule has 8 heteroatoms. The van der Waals surface area contributed by atoms with Crippen LogP contribution in [-0.4, -0.2) is 50.0 Å². The molecule has 0 bridgehead atoms. The Labute approximate surface area is 196 Å². The first-order valence-corrected chi connectivity index (χ1v) is 14.1. The molecule has 3 rings (SSSR count). The van der Waals surface area contributed by atoms with Gasteiger partial charge in [0, 0.05) is 4.91 Å². The third kappa shape index (κ3) is 4.76. The molecule has 1 aliphatic rings. The van der Waals surface area contributed by atoms with Crippen molar-refractivity contribution in [3.63, 3.8) is 0 Å². The molecule has 0 spiro atoms. The molecule has 0 radical (unpaired) electrons. The van der Waals surface area contributed by atoms with Gasteiger partial charge in [-0.15, -0.1) is 11.8 Å². The van der Waals surface area contributed by atoms with E-state index in [2.05, 4.69) is 79.3 Å². The minimum absolute atomic E-state index is 0.159. The zero-order valence-electron chi connectivity index (χ0n) is 19.4. The van der Waals surface area contributed by atoms with Gasteiger partial charge in [0.25, 0.3) is 8.32 Å². The summed E-state index contributed by atoms with van der Waals surface area (Å²) in [7, 11) is -2.73. The van der Waals surface area contributed by atoms with E-state index >= 15 is 0 Å². The Balaban J connectivity index is 1.99. The van der Waals surface area contributed by atoms with Crippen LogP contribution < -0.4 is 10.4 Å². The molecule has 6 nitrogen and oxygen atoms in total. The van der Waals surface area contributed by atoms with Crippen LogP contribution in [0.25, 0.3) is 10.4 Å². The zero-order chi connectivity index (χ0) is 23.4. The van der Waals surface area contributed by atoms with Gasteiger partial charge in [0.15, 0.2) is 0 Å². The van der Waals surface area contributed by atoms with Crippen molar-refractivity contribution in [2.75, 3.05) is 12.9 Å². The number of aliphatic hydroxyl groups is 1. The summed E-state index contributed by atoms with van der Waals surface area (Å²) in [6.07, 6.45) is 0.635. The predicted molar refractivity (Wildman–Crippen MR) is 134 cm³/mol. The van der Waals surface area contributed by atoms with Crippen molar-refractivity contribution in [3.8, 4) is 0 Å². The van der Waals surface area contributed by atoms with Gasteiger partial charge in [-0.3, -0.25) is 0 Å². The molecule has 1 N–H and O–H groups in total. The second-order valence-electron chi connectivity index (χ2n) is 9.30. The van der Waals surface area contributed by atoms with Crippen LogP contribution in [0.3, 0.4) is 0 Å². The summed E-state index contributed by atoms with van der Waals surface area (Å²) in [5.74, 6) is -0.232. The van der Waals surface area contributed by atoms with Crippen LogP contribution in [0.1, 0.15) is 27.7 Å². The molecular formula is C24H33N3O3SSi. The van der Waals surface area contributed by atoms with Gasteiger partial charge in [-0.1, -0.05) is 93.5 Å². The lowest BCUT2D eigenvalue weighted by molar-refractivity contribution is -0.135. The molecule has 0 saturated carbocycles. The van der Waals surface area contributed by atoms with Gasteiger partial charge in [-0.2, -0.15) is 0 Å². The quantitative estimate of drug-likeness (QED) is 0.282. The topological polar surface area (TPSA) is 87.5 Å². The molecule has 0 amide bonds. The van der Waals surface area contributed by atoms with Crippen molar-refractivity contribution in [2.24, 2.45) is 11.0 Å². The molecule has 172 valence electrons. The van der Waals surface area contributed by atoms with Crippen molar-refractivity contribution < 1.29 is 14.3 Å². The highest BCUT2D eigenvalue weighted by molar-refractivity contribution is 7.99. The van der Waals surface area contributed by atoms with Crippen LogP contribution in [0.15, 0.2) is 65.8 Å². The monoisotopic (exact) mass is 471 g/mol. The summed E-state index contributed by atoms with van der Waals surface area (Å²) in [4.78, 5) is 2.96. The smallest absolute Gasteiger partial charge is 0.261 e. The van der Waals surface area contributed by atoms with Gasteiger partial charge >= 0.3 is 0 Å². The highest BCUT2D eigenvalue weighted by Crippen LogP contribution is 2.38. The molecule has 2 aromatic carbocycles. The van der Waals surface area contributed by atoms with E-state index in [1.165, 1.54) is 22.1 Å². The number of hydrogen-bond acceptors (Lipinski definition) is 5. The van der Waals surface area contributed by atoms with E-state index < -0.39 is 26.6 Å². The van der Waals surface area contributed by atoms with Crippen LogP contribution in [-0.2, 0) is 9.16 Å². The van der Waals surface area contributed by atoms with Crippen molar-refractivity contribution in [2.45, 2.75) is 56.4 Å². The van der Waals surface area contributed by atoms with Crippen molar-refractivity contribution in [3.05, 3.63) is 71.1 Å². The second-order valence-corrected chi connectivity index (χ2v) is 14.5. The van der Waals surface area contributed by atoms with E-state index in [0.29, 0.717) is 0 Å². The third-order valence-corrected chi connectivity index (χ3v) is 12.2. The first-order chi connectivity index (χ1) is 15.3. The van der Waals surface area contributed by atoms with E-state index in [9.17, 15) is 5.11 Å². The molecule has 1 aliphatic heterocycles. The van der Waals surface area contributed by atoms with Crippen LogP contribution in [0, 0.1) is 5.92 Å². The van der Waals surface area contributed by atoms with Crippen molar-refractivity contribution >= 4 is 30.5 Å². The number of azide groups is 1. The minimum Gasteiger partial charge on any atom is -0.405 e. The predicted octanol–water partition coefficient (Wildman–Crippen LogP) is 4.33. The van der Waals surface area contributed by atoms with Gasteiger partial charge in [-0.05, 0) is 33.1 Å². The lowest BCUT2D eigenvalue weighted by Crippen LogP contribution is -2.67. The third-order valence-electron chi connectivity index (χ3n) is 6.34. The van der Waals surface area contributed by atoms with Crippen LogP contribution in [0.5, 0.6) is 0 Å². The fraction of sp³-hybridized carbons (Fsp3) is 0.500. The molecular weight excluding hydrogens is 438 g/mol. The summed E-state index contributed by atoms with van der Waals surface area (Å²) in [6.45, 7) is 8.84. The first-order valence-electron chi connectivity index (χ1n) is 10.9. The van der Waals surface area contributed by atoms with E-state index in [1.807, 2.05) is 25.3 Å². The van der Waals surface area contributed by atoms with Crippen LogP contribution in [0.2, 0.25) is 5.04 Å². The molecule has 0 aromatic heterocycles. The number of hydrogen-bond donors (Lipinski definition) is 1. The standard InChI is InChI=1S/C24H33N3O3SSi/c1-17-21(26-27-25)23(31-5)30-20(22(17)28)16-29-32(24(2,3)4,18-12-8-6-9-13-18)19-14-10-7-11-15-19/h6-15,17,20-23,28H,16H2,1-5H3/t17-,20?,21+,22-,23?/m1/s1. The van der Waals surface area contributed by atoms with E-state index in [-0.39, 0.29) is 23.0 Å². The number of benzene rings is 2. The number of thioether (sulfide) groups is 1. The molecule has 2 unspecified atom stereocenters. The average molecular weight is 472 g/mol. The Kier molecular flexibility index (Phi) is 8.09. The minimum atomic E-state index is -2.73. The lowest BCUT2D eigenvalue weighted by Gasteiger charge is -2.46. The summed E-state index contributed by atoms with van der Waals surface area (Å²) >= 11 is 1.49. The zero-order valence-corrected chi connectivity index (χ0v) is 21.2. The molecule has 1 fully saturated rings. The number of ether oxygens (including phenoxy) is 1. The number of nitrogens with zero attached hydrogens (tertiary/aromatic N) is 3. The summed E-state index contributed by atoms with van der Waals surface area (Å²) < 4.78 is 13.2. The van der Waals surface area contributed by atoms with Gasteiger partial charge in [-0.25, -0.2) is 0 Å². The Hall–Kier alpha value is -1.80. The molecule has 0 aliphatic carbocycles. The highest BCUT2D eigenvalue weighted by Gasteiger charge is 2.51. The molecule has 1 saturated heterocycles. The van der Waals surface area contributed by atoms with Gasteiger partial charge < -0.3 is 14.3 Å². The Morgan fingerprint density at radius 1 is 1.09 bits per heavy atom. The maximum absolute atomic E-state index is 11.0. The van der Waals surface area contributed by atoms with Gasteiger partial charge in [0.1, 0.15) is 11.5 Å². The van der Waals surface area contributed by atoms with Gasteiger partial charge in [0.05, 0.1) is 18.8 Å². The number of rotatable bonds is 7. The summed E-state index contributed by atoms with van der Waals surface area (Å²) in [6, 6.07) is 20.4. The maximum Gasteiger partial charge on any atom is 0.261 e. The summed E-state index contributed by atoms with van der Waals surface area (Å²) in [5, 5.41) is 17.1. The van der Waals surface area contributed by atoms with Crippen LogP contribution in [0.4, 0.5) is 0 Å². The summed E-state index contributed by atoms with van der Waals surface area (Å²) in [5.41, 5.74) is 8.62. The highest BCUT2D eigenvalue weighted by atomic mass is 32.2. The Morgan fingerprint density at radius 3 is 2.06 bits per heavy atom. The number of aliphatic hydroxyl groups excluding tert-OH is 1. The fourth-order valence-electron chi connectivity index (χ4n) is 4.64. The SMILES string of the molecule is CSC1OC(CO[Si](c2ccccc2)(c2ccccc2)C(C)(C)C)[C@H](O)[C@H](C)[C@@H]1N=[N+]=[N-]. The largest absolute Gasteiger partial charge is 0.405 e. The molecule has 2 aromatic rings. The van der Waals surface area contributed by atoms with Crippen molar-refractivity contribution in [1.29, 1.82) is 0 Å². The lowest BCUT2D eigenvalue weighted by atomic mass is 9.90. The molecule has 5 atom stereocenters. The molecule has 1 heterocycles. The Bertz CT molecular complexity index is 878. The van der Waals surface area contributed by atoms with Crippen molar-refractivity contribution in [1.82, 2.24) is 0 Å². The first kappa shape index (κ1) is 24.8.